The molecule has 3 N–H and O–H groups in total. The number of benzene rings is 1. The number of aryl methyl sites for hydroxylation is 3. The summed E-state index contributed by atoms with van der Waals surface area (Å²) in [6.45, 7) is 8.11. The quantitative estimate of drug-likeness (QED) is 0.724. The molecule has 2 rings (SSSR count). The summed E-state index contributed by atoms with van der Waals surface area (Å²) >= 11 is 0. The van der Waals surface area contributed by atoms with Gasteiger partial charge in [0.25, 0.3) is 0 Å². The van der Waals surface area contributed by atoms with Crippen LogP contribution in [0.1, 0.15) is 42.4 Å². The van der Waals surface area contributed by atoms with E-state index in [-0.39, 0.29) is 30.8 Å². The largest absolute Gasteiger partial charge is 0.347 e. The number of amides is 2. The van der Waals surface area contributed by atoms with Crippen molar-refractivity contribution in [3.63, 3.8) is 0 Å². The number of hydrogen-bond acceptors (Lipinski definition) is 3. The van der Waals surface area contributed by atoms with E-state index in [0.717, 1.165) is 49.2 Å². The Bertz CT molecular complexity index is 575. The molecule has 1 aromatic carbocycles. The molecule has 25 heavy (non-hydrogen) atoms. The van der Waals surface area contributed by atoms with E-state index in [0.29, 0.717) is 12.3 Å². The third kappa shape index (κ3) is 7.04. The maximum atomic E-state index is 12.1. The van der Waals surface area contributed by atoms with E-state index in [4.69, 9.17) is 0 Å². The molecule has 0 spiro atoms. The molecule has 1 aliphatic heterocycles. The Morgan fingerprint density at radius 3 is 2.28 bits per heavy atom. The Kier molecular flexibility index (Phi) is 8.93. The molecule has 140 valence electrons. The van der Waals surface area contributed by atoms with Crippen molar-refractivity contribution < 1.29 is 9.59 Å². The average molecular weight is 368 g/mol. The van der Waals surface area contributed by atoms with Crippen LogP contribution in [0.3, 0.4) is 0 Å². The number of anilines is 1. The van der Waals surface area contributed by atoms with Crippen molar-refractivity contribution in [1.82, 2.24) is 10.6 Å². The highest BCUT2D eigenvalue weighted by Crippen LogP contribution is 2.21. The maximum absolute atomic E-state index is 12.1. The second kappa shape index (κ2) is 10.4. The van der Waals surface area contributed by atoms with Gasteiger partial charge >= 0.3 is 0 Å². The zero-order valence-corrected chi connectivity index (χ0v) is 16.2. The molecule has 1 fully saturated rings. The summed E-state index contributed by atoms with van der Waals surface area (Å²) in [6, 6.07) is 4.08. The predicted octanol–water partition coefficient (Wildman–Crippen LogP) is 2.87. The summed E-state index contributed by atoms with van der Waals surface area (Å²) in [5.74, 6) is 0.407. The molecular weight excluding hydrogens is 338 g/mol. The zero-order chi connectivity index (χ0) is 17.5. The number of carbonyl (C=O) groups excluding carboxylic acids is 2. The van der Waals surface area contributed by atoms with Gasteiger partial charge in [0.15, 0.2) is 0 Å². The third-order valence-electron chi connectivity index (χ3n) is 4.63. The predicted molar refractivity (Wildman–Crippen MR) is 104 cm³/mol. The van der Waals surface area contributed by atoms with Gasteiger partial charge in [-0.05, 0) is 70.2 Å². The van der Waals surface area contributed by atoms with Crippen molar-refractivity contribution >= 4 is 29.9 Å². The van der Waals surface area contributed by atoms with Gasteiger partial charge < -0.3 is 16.0 Å². The molecule has 1 aromatic rings. The Balaban J connectivity index is 0.00000312. The molecule has 1 heterocycles. The molecule has 1 aliphatic rings. The minimum Gasteiger partial charge on any atom is -0.347 e. The second-order valence-corrected chi connectivity index (χ2v) is 6.83. The standard InChI is InChI=1S/C19H29N3O2.ClH/c1-13-10-14(2)19(15(3)11-13)22-18(24)12-21-17(23)5-4-16-6-8-20-9-7-16;/h10-11,16,20H,4-9,12H2,1-3H3,(H,21,23)(H,22,24);1H. The van der Waals surface area contributed by atoms with Crippen molar-refractivity contribution in [3.05, 3.63) is 28.8 Å². The molecule has 0 unspecified atom stereocenters. The van der Waals surface area contributed by atoms with Gasteiger partial charge in [0.05, 0.1) is 6.54 Å². The molecule has 2 amide bonds. The molecule has 0 radical (unpaired) electrons. The van der Waals surface area contributed by atoms with Gasteiger partial charge in [0, 0.05) is 12.1 Å². The van der Waals surface area contributed by atoms with E-state index >= 15 is 0 Å². The van der Waals surface area contributed by atoms with E-state index in [1.165, 1.54) is 5.56 Å². The smallest absolute Gasteiger partial charge is 0.243 e. The lowest BCUT2D eigenvalue weighted by molar-refractivity contribution is -0.124. The molecule has 0 saturated carbocycles. The summed E-state index contributed by atoms with van der Waals surface area (Å²) < 4.78 is 0. The van der Waals surface area contributed by atoms with Gasteiger partial charge in [-0.15, -0.1) is 12.4 Å². The molecule has 1 saturated heterocycles. The second-order valence-electron chi connectivity index (χ2n) is 6.83. The molecule has 0 aliphatic carbocycles. The monoisotopic (exact) mass is 367 g/mol. The summed E-state index contributed by atoms with van der Waals surface area (Å²) in [7, 11) is 0. The molecule has 6 heteroatoms. The van der Waals surface area contributed by atoms with E-state index in [1.54, 1.807) is 0 Å². The first-order chi connectivity index (χ1) is 11.5. The topological polar surface area (TPSA) is 70.2 Å². The highest BCUT2D eigenvalue weighted by atomic mass is 35.5. The van der Waals surface area contributed by atoms with Crippen molar-refractivity contribution in [2.45, 2.75) is 46.5 Å². The fourth-order valence-electron chi connectivity index (χ4n) is 3.33. The molecule has 0 atom stereocenters. The summed E-state index contributed by atoms with van der Waals surface area (Å²) in [5.41, 5.74) is 4.10. The zero-order valence-electron chi connectivity index (χ0n) is 15.4. The lowest BCUT2D eigenvalue weighted by atomic mass is 9.93. The fraction of sp³-hybridized carbons (Fsp3) is 0.579. The first-order valence-electron chi connectivity index (χ1n) is 8.81. The van der Waals surface area contributed by atoms with Crippen LogP contribution < -0.4 is 16.0 Å². The highest BCUT2D eigenvalue weighted by Gasteiger charge is 2.15. The number of rotatable bonds is 6. The van der Waals surface area contributed by atoms with Crippen LogP contribution in [-0.4, -0.2) is 31.4 Å². The molecule has 0 bridgehead atoms. The van der Waals surface area contributed by atoms with E-state index in [1.807, 2.05) is 32.9 Å². The van der Waals surface area contributed by atoms with Crippen LogP contribution in [0, 0.1) is 26.7 Å². The van der Waals surface area contributed by atoms with Crippen LogP contribution >= 0.6 is 12.4 Å². The van der Waals surface area contributed by atoms with Crippen molar-refractivity contribution in [2.75, 3.05) is 25.0 Å². The van der Waals surface area contributed by atoms with Crippen molar-refractivity contribution in [2.24, 2.45) is 5.92 Å². The van der Waals surface area contributed by atoms with Gasteiger partial charge in [-0.25, -0.2) is 0 Å². The lowest BCUT2D eigenvalue weighted by Gasteiger charge is -2.22. The van der Waals surface area contributed by atoms with Crippen LogP contribution in [0.4, 0.5) is 5.69 Å². The fourth-order valence-corrected chi connectivity index (χ4v) is 3.33. The van der Waals surface area contributed by atoms with Crippen LogP contribution in [0.15, 0.2) is 12.1 Å². The Morgan fingerprint density at radius 2 is 1.68 bits per heavy atom. The lowest BCUT2D eigenvalue weighted by Crippen LogP contribution is -2.34. The van der Waals surface area contributed by atoms with Crippen LogP contribution in [-0.2, 0) is 9.59 Å². The van der Waals surface area contributed by atoms with Crippen LogP contribution in [0.2, 0.25) is 0 Å². The number of halogens is 1. The van der Waals surface area contributed by atoms with E-state index < -0.39 is 0 Å². The molecular formula is C19H30ClN3O2. The Labute approximate surface area is 156 Å². The average Bonchev–Trinajstić information content (AvgIpc) is 2.55. The van der Waals surface area contributed by atoms with E-state index in [2.05, 4.69) is 16.0 Å². The highest BCUT2D eigenvalue weighted by molar-refractivity contribution is 5.95. The first-order valence-corrected chi connectivity index (χ1v) is 8.81. The minimum absolute atomic E-state index is 0. The molecule has 0 aromatic heterocycles. The molecule has 5 nitrogen and oxygen atoms in total. The number of piperidine rings is 1. The van der Waals surface area contributed by atoms with Crippen molar-refractivity contribution in [1.29, 1.82) is 0 Å². The number of hydrogen-bond donors (Lipinski definition) is 3. The van der Waals surface area contributed by atoms with Gasteiger partial charge in [-0.3, -0.25) is 9.59 Å². The van der Waals surface area contributed by atoms with Crippen molar-refractivity contribution in [3.8, 4) is 0 Å². The SMILES string of the molecule is Cc1cc(C)c(NC(=O)CNC(=O)CCC2CCNCC2)c(C)c1.Cl. The Morgan fingerprint density at radius 1 is 1.08 bits per heavy atom. The Hall–Kier alpha value is -1.59. The summed E-state index contributed by atoms with van der Waals surface area (Å²) in [6.07, 6.45) is 3.69. The van der Waals surface area contributed by atoms with Gasteiger partial charge in [0.2, 0.25) is 11.8 Å². The number of nitrogens with one attached hydrogen (secondary N) is 3. The van der Waals surface area contributed by atoms with Gasteiger partial charge in [-0.1, -0.05) is 17.7 Å². The van der Waals surface area contributed by atoms with Crippen LogP contribution in [0.5, 0.6) is 0 Å². The maximum Gasteiger partial charge on any atom is 0.243 e. The third-order valence-corrected chi connectivity index (χ3v) is 4.63. The van der Waals surface area contributed by atoms with Crippen LogP contribution in [0.25, 0.3) is 0 Å². The first kappa shape index (κ1) is 21.5. The summed E-state index contributed by atoms with van der Waals surface area (Å²) in [4.78, 5) is 24.0. The summed E-state index contributed by atoms with van der Waals surface area (Å²) in [5, 5.41) is 8.96. The number of carbonyl (C=O) groups is 2. The normalized spacial score (nSPS) is 14.5. The minimum atomic E-state index is -0.180. The van der Waals surface area contributed by atoms with Gasteiger partial charge in [-0.2, -0.15) is 0 Å². The van der Waals surface area contributed by atoms with E-state index in [9.17, 15) is 9.59 Å². The van der Waals surface area contributed by atoms with Gasteiger partial charge in [0.1, 0.15) is 0 Å².